The molecule has 1 atom stereocenters. The summed E-state index contributed by atoms with van der Waals surface area (Å²) in [6.45, 7) is 0. The number of methoxy groups -OCH3 is 2. The molecular weight excluding hydrogens is 246 g/mol. The van der Waals surface area contributed by atoms with E-state index in [4.69, 9.17) is 9.47 Å². The second-order valence-corrected chi connectivity index (χ2v) is 5.00. The zero-order valence-electron chi connectivity index (χ0n) is 10.9. The zero-order chi connectivity index (χ0) is 13.6. The molecule has 2 aliphatic rings. The van der Waals surface area contributed by atoms with E-state index >= 15 is 0 Å². The van der Waals surface area contributed by atoms with Gasteiger partial charge in [0.25, 0.3) is 0 Å². The lowest BCUT2D eigenvalue weighted by Crippen LogP contribution is -2.33. The van der Waals surface area contributed by atoms with Crippen LogP contribution in [0.15, 0.2) is 12.1 Å². The highest BCUT2D eigenvalue weighted by atomic mass is 16.5. The predicted molar refractivity (Wildman–Crippen MR) is 67.3 cm³/mol. The van der Waals surface area contributed by atoms with Gasteiger partial charge in [-0.1, -0.05) is 0 Å². The number of rotatable bonds is 2. The van der Waals surface area contributed by atoms with E-state index in [-0.39, 0.29) is 18.2 Å². The molecule has 0 saturated carbocycles. The molecule has 3 rings (SSSR count). The number of imide groups is 1. The molecule has 1 aliphatic carbocycles. The van der Waals surface area contributed by atoms with Crippen LogP contribution in [0.3, 0.4) is 0 Å². The SMILES string of the molecule is COc1cc2c(cc1OC)C1(CC2)CC(=O)NC1=O. The van der Waals surface area contributed by atoms with E-state index < -0.39 is 5.41 Å². The summed E-state index contributed by atoms with van der Waals surface area (Å²) >= 11 is 0. The Morgan fingerprint density at radius 2 is 1.84 bits per heavy atom. The van der Waals surface area contributed by atoms with Crippen LogP contribution in [0.1, 0.15) is 24.0 Å². The maximum absolute atomic E-state index is 12.1. The second kappa shape index (κ2) is 3.98. The van der Waals surface area contributed by atoms with Gasteiger partial charge in [0, 0.05) is 6.42 Å². The number of carbonyl (C=O) groups excluding carboxylic acids is 2. The highest BCUT2D eigenvalue weighted by Gasteiger charge is 2.51. The quantitative estimate of drug-likeness (QED) is 0.804. The van der Waals surface area contributed by atoms with Gasteiger partial charge in [-0.2, -0.15) is 0 Å². The molecule has 5 nitrogen and oxygen atoms in total. The van der Waals surface area contributed by atoms with Gasteiger partial charge in [0.2, 0.25) is 11.8 Å². The van der Waals surface area contributed by atoms with E-state index in [2.05, 4.69) is 5.32 Å². The van der Waals surface area contributed by atoms with Gasteiger partial charge < -0.3 is 9.47 Å². The van der Waals surface area contributed by atoms with Crippen molar-refractivity contribution in [3.63, 3.8) is 0 Å². The largest absolute Gasteiger partial charge is 0.493 e. The number of aryl methyl sites for hydroxylation is 1. The van der Waals surface area contributed by atoms with Gasteiger partial charge in [-0.15, -0.1) is 0 Å². The summed E-state index contributed by atoms with van der Waals surface area (Å²) in [5.74, 6) is 0.855. The molecule has 1 aromatic rings. The fourth-order valence-corrected chi connectivity index (χ4v) is 3.12. The van der Waals surface area contributed by atoms with Crippen LogP contribution in [0.5, 0.6) is 11.5 Å². The van der Waals surface area contributed by atoms with Crippen LogP contribution in [0.25, 0.3) is 0 Å². The molecule has 1 unspecified atom stereocenters. The maximum Gasteiger partial charge on any atom is 0.237 e. The first kappa shape index (κ1) is 12.0. The molecule has 1 N–H and O–H groups in total. The minimum absolute atomic E-state index is 0.191. The summed E-state index contributed by atoms with van der Waals surface area (Å²) in [6, 6.07) is 3.73. The van der Waals surface area contributed by atoms with Crippen molar-refractivity contribution in [2.24, 2.45) is 0 Å². The number of nitrogens with one attached hydrogen (secondary N) is 1. The number of fused-ring (bicyclic) bond motifs is 2. The van der Waals surface area contributed by atoms with Crippen LogP contribution < -0.4 is 14.8 Å². The number of benzene rings is 1. The van der Waals surface area contributed by atoms with Gasteiger partial charge in [-0.3, -0.25) is 14.9 Å². The molecule has 1 heterocycles. The van der Waals surface area contributed by atoms with Crippen LogP contribution in [-0.2, 0) is 21.4 Å². The average Bonchev–Trinajstić information content (AvgIpc) is 2.90. The maximum atomic E-state index is 12.1. The number of carbonyl (C=O) groups is 2. The first-order valence-electron chi connectivity index (χ1n) is 6.20. The summed E-state index contributed by atoms with van der Waals surface area (Å²) in [7, 11) is 3.15. The smallest absolute Gasteiger partial charge is 0.237 e. The van der Waals surface area contributed by atoms with Crippen LogP contribution in [0.4, 0.5) is 0 Å². The van der Waals surface area contributed by atoms with Crippen molar-refractivity contribution in [1.29, 1.82) is 0 Å². The molecule has 1 fully saturated rings. The number of amides is 2. The number of hydrogen-bond acceptors (Lipinski definition) is 4. The molecule has 100 valence electrons. The van der Waals surface area contributed by atoms with Crippen molar-refractivity contribution in [1.82, 2.24) is 5.32 Å². The molecule has 1 aliphatic heterocycles. The summed E-state index contributed by atoms with van der Waals surface area (Å²) < 4.78 is 10.6. The highest BCUT2D eigenvalue weighted by Crippen LogP contribution is 2.47. The predicted octanol–water partition coefficient (Wildman–Crippen LogP) is 0.934. The van der Waals surface area contributed by atoms with Crippen LogP contribution in [0, 0.1) is 0 Å². The summed E-state index contributed by atoms with van der Waals surface area (Å²) in [6.07, 6.45) is 1.67. The van der Waals surface area contributed by atoms with Crippen molar-refractivity contribution < 1.29 is 19.1 Å². The van der Waals surface area contributed by atoms with Crippen LogP contribution in [-0.4, -0.2) is 26.0 Å². The number of ether oxygens (including phenoxy) is 2. The fraction of sp³-hybridized carbons (Fsp3) is 0.429. The van der Waals surface area contributed by atoms with Gasteiger partial charge in [-0.25, -0.2) is 0 Å². The van der Waals surface area contributed by atoms with Gasteiger partial charge in [0.1, 0.15) is 0 Å². The van der Waals surface area contributed by atoms with E-state index in [1.54, 1.807) is 14.2 Å². The van der Waals surface area contributed by atoms with E-state index in [9.17, 15) is 9.59 Å². The van der Waals surface area contributed by atoms with Gasteiger partial charge >= 0.3 is 0 Å². The molecule has 2 amide bonds. The molecular formula is C14H15NO4. The van der Waals surface area contributed by atoms with Crippen LogP contribution >= 0.6 is 0 Å². The standard InChI is InChI=1S/C14H15NO4/c1-18-10-5-8-3-4-14(7-12(16)15-13(14)17)9(8)6-11(10)19-2/h5-6H,3-4,7H2,1-2H3,(H,15,16,17). The third-order valence-electron chi connectivity index (χ3n) is 4.10. The first-order valence-corrected chi connectivity index (χ1v) is 6.20. The Hall–Kier alpha value is -2.04. The van der Waals surface area contributed by atoms with Crippen molar-refractivity contribution in [3.05, 3.63) is 23.3 Å². The van der Waals surface area contributed by atoms with E-state index in [1.165, 1.54) is 0 Å². The Labute approximate surface area is 110 Å². The topological polar surface area (TPSA) is 64.6 Å². The Morgan fingerprint density at radius 3 is 2.42 bits per heavy atom. The van der Waals surface area contributed by atoms with Crippen LogP contribution in [0.2, 0.25) is 0 Å². The monoisotopic (exact) mass is 261 g/mol. The van der Waals surface area contributed by atoms with Crippen molar-refractivity contribution in [3.8, 4) is 11.5 Å². The lowest BCUT2D eigenvalue weighted by Gasteiger charge is -2.21. The van der Waals surface area contributed by atoms with Gasteiger partial charge in [-0.05, 0) is 36.1 Å². The minimum Gasteiger partial charge on any atom is -0.493 e. The summed E-state index contributed by atoms with van der Waals surface area (Å²) in [5.41, 5.74) is 1.25. The normalized spacial score (nSPS) is 24.5. The Balaban J connectivity index is 2.15. The molecule has 0 radical (unpaired) electrons. The summed E-state index contributed by atoms with van der Waals surface area (Å²) in [4.78, 5) is 23.6. The number of hydrogen-bond donors (Lipinski definition) is 1. The zero-order valence-corrected chi connectivity index (χ0v) is 10.9. The fourth-order valence-electron chi connectivity index (χ4n) is 3.12. The third kappa shape index (κ3) is 1.54. The Morgan fingerprint density at radius 1 is 1.16 bits per heavy atom. The minimum atomic E-state index is -0.702. The molecule has 19 heavy (non-hydrogen) atoms. The second-order valence-electron chi connectivity index (χ2n) is 5.00. The van der Waals surface area contributed by atoms with E-state index in [1.807, 2.05) is 12.1 Å². The highest BCUT2D eigenvalue weighted by molar-refractivity contribution is 6.09. The Kier molecular flexibility index (Phi) is 2.52. The molecule has 1 saturated heterocycles. The molecule has 0 aromatic heterocycles. The molecule has 5 heteroatoms. The average molecular weight is 261 g/mol. The van der Waals surface area contributed by atoms with E-state index in [0.29, 0.717) is 17.9 Å². The summed E-state index contributed by atoms with van der Waals surface area (Å²) in [5, 5.41) is 2.41. The van der Waals surface area contributed by atoms with Gasteiger partial charge in [0.15, 0.2) is 11.5 Å². The lowest BCUT2D eigenvalue weighted by molar-refractivity contribution is -0.126. The molecule has 1 spiro atoms. The molecule has 1 aromatic carbocycles. The molecule has 0 bridgehead atoms. The van der Waals surface area contributed by atoms with Crippen molar-refractivity contribution in [2.45, 2.75) is 24.7 Å². The Bertz CT molecular complexity index is 581. The lowest BCUT2D eigenvalue weighted by atomic mass is 9.80. The van der Waals surface area contributed by atoms with Crippen molar-refractivity contribution in [2.75, 3.05) is 14.2 Å². The third-order valence-corrected chi connectivity index (χ3v) is 4.10. The van der Waals surface area contributed by atoms with E-state index in [0.717, 1.165) is 17.5 Å². The van der Waals surface area contributed by atoms with Crippen molar-refractivity contribution >= 4 is 11.8 Å². The van der Waals surface area contributed by atoms with Gasteiger partial charge in [0.05, 0.1) is 19.6 Å². The first-order chi connectivity index (χ1) is 9.10.